The van der Waals surface area contributed by atoms with E-state index in [-0.39, 0.29) is 4.90 Å². The van der Waals surface area contributed by atoms with Crippen LogP contribution in [0.25, 0.3) is 11.1 Å². The lowest BCUT2D eigenvalue weighted by molar-refractivity contribution is 0.581. The van der Waals surface area contributed by atoms with E-state index in [0.717, 1.165) is 16.7 Å². The first-order valence-corrected chi connectivity index (χ1v) is 9.24. The Balaban J connectivity index is 1.77. The average Bonchev–Trinajstić information content (AvgIpc) is 3.08. The first kappa shape index (κ1) is 15.0. The molecule has 0 aliphatic carbocycles. The van der Waals surface area contributed by atoms with Crippen molar-refractivity contribution in [1.29, 1.82) is 0 Å². The third kappa shape index (κ3) is 3.44. The Morgan fingerprint density at radius 2 is 1.55 bits per heavy atom. The van der Waals surface area contributed by atoms with Crippen molar-refractivity contribution >= 4 is 21.4 Å². The number of hydrogen-bond acceptors (Lipinski definition) is 3. The van der Waals surface area contributed by atoms with Crippen LogP contribution in [0.2, 0.25) is 0 Å². The SMILES string of the molecule is O=S(=O)(NCc1ccsc1)c1ccc(-c2ccccc2)cc1. The van der Waals surface area contributed by atoms with E-state index >= 15 is 0 Å². The summed E-state index contributed by atoms with van der Waals surface area (Å²) in [6.45, 7) is 0.312. The van der Waals surface area contributed by atoms with Crippen LogP contribution in [0, 0.1) is 0 Å². The van der Waals surface area contributed by atoms with Crippen molar-refractivity contribution in [3.05, 3.63) is 77.0 Å². The topological polar surface area (TPSA) is 46.2 Å². The van der Waals surface area contributed by atoms with Crippen LogP contribution in [-0.4, -0.2) is 8.42 Å². The van der Waals surface area contributed by atoms with Gasteiger partial charge in [-0.2, -0.15) is 11.3 Å². The van der Waals surface area contributed by atoms with E-state index in [4.69, 9.17) is 0 Å². The van der Waals surface area contributed by atoms with Crippen LogP contribution >= 0.6 is 11.3 Å². The van der Waals surface area contributed by atoms with Gasteiger partial charge in [-0.25, -0.2) is 13.1 Å². The van der Waals surface area contributed by atoms with Crippen LogP contribution in [0.3, 0.4) is 0 Å². The molecule has 0 saturated carbocycles. The van der Waals surface area contributed by atoms with E-state index in [2.05, 4.69) is 4.72 Å². The van der Waals surface area contributed by atoms with Crippen LogP contribution in [0.15, 0.2) is 76.3 Å². The molecule has 3 nitrogen and oxygen atoms in total. The molecule has 0 atom stereocenters. The molecule has 22 heavy (non-hydrogen) atoms. The zero-order chi connectivity index (χ0) is 15.4. The highest BCUT2D eigenvalue weighted by Crippen LogP contribution is 2.21. The number of rotatable bonds is 5. The van der Waals surface area contributed by atoms with Crippen LogP contribution < -0.4 is 4.72 Å². The molecular weight excluding hydrogens is 314 g/mol. The molecule has 0 aliphatic heterocycles. The Kier molecular flexibility index (Phi) is 4.38. The molecule has 0 amide bonds. The Labute approximate surface area is 134 Å². The Bertz CT molecular complexity index is 824. The summed E-state index contributed by atoms with van der Waals surface area (Å²) in [5.41, 5.74) is 3.03. The van der Waals surface area contributed by atoms with Crippen LogP contribution in [0.1, 0.15) is 5.56 Å². The van der Waals surface area contributed by atoms with E-state index in [1.807, 2.05) is 59.3 Å². The number of benzene rings is 2. The first-order valence-electron chi connectivity index (χ1n) is 6.81. The molecule has 1 heterocycles. The van der Waals surface area contributed by atoms with Crippen molar-refractivity contribution in [3.8, 4) is 11.1 Å². The summed E-state index contributed by atoms with van der Waals surface area (Å²) in [7, 11) is -3.48. The molecule has 0 radical (unpaired) electrons. The molecule has 2 aromatic carbocycles. The van der Waals surface area contributed by atoms with Gasteiger partial charge < -0.3 is 0 Å². The number of thiophene rings is 1. The quantitative estimate of drug-likeness (QED) is 0.772. The summed E-state index contributed by atoms with van der Waals surface area (Å²) in [5.74, 6) is 0. The fourth-order valence-corrected chi connectivity index (χ4v) is 3.80. The average molecular weight is 329 g/mol. The van der Waals surface area contributed by atoms with Gasteiger partial charge in [0.25, 0.3) is 0 Å². The summed E-state index contributed by atoms with van der Waals surface area (Å²) >= 11 is 1.55. The number of nitrogens with one attached hydrogen (secondary N) is 1. The second kappa shape index (κ2) is 6.44. The van der Waals surface area contributed by atoms with E-state index < -0.39 is 10.0 Å². The van der Waals surface area contributed by atoms with Crippen molar-refractivity contribution in [3.63, 3.8) is 0 Å². The van der Waals surface area contributed by atoms with Gasteiger partial charge in [0.15, 0.2) is 0 Å². The molecular formula is C17H15NO2S2. The first-order chi connectivity index (χ1) is 10.6. The van der Waals surface area contributed by atoms with E-state index in [0.29, 0.717) is 6.54 Å². The molecule has 112 valence electrons. The summed E-state index contributed by atoms with van der Waals surface area (Å²) in [4.78, 5) is 0.280. The van der Waals surface area contributed by atoms with Crippen molar-refractivity contribution in [2.75, 3.05) is 0 Å². The lowest BCUT2D eigenvalue weighted by Crippen LogP contribution is -2.22. The zero-order valence-corrected chi connectivity index (χ0v) is 13.4. The van der Waals surface area contributed by atoms with Crippen LogP contribution in [-0.2, 0) is 16.6 Å². The highest BCUT2D eigenvalue weighted by molar-refractivity contribution is 7.89. The molecule has 1 aromatic heterocycles. The number of sulfonamides is 1. The van der Waals surface area contributed by atoms with Crippen molar-refractivity contribution in [1.82, 2.24) is 4.72 Å². The largest absolute Gasteiger partial charge is 0.240 e. The lowest BCUT2D eigenvalue weighted by Gasteiger charge is -2.07. The molecule has 0 unspecified atom stereocenters. The van der Waals surface area contributed by atoms with Gasteiger partial charge in [-0.1, -0.05) is 42.5 Å². The normalized spacial score (nSPS) is 11.5. The molecule has 5 heteroatoms. The minimum atomic E-state index is -3.48. The van der Waals surface area contributed by atoms with Crippen molar-refractivity contribution < 1.29 is 8.42 Å². The molecule has 0 fully saturated rings. The van der Waals surface area contributed by atoms with Crippen molar-refractivity contribution in [2.24, 2.45) is 0 Å². The van der Waals surface area contributed by atoms with Gasteiger partial charge >= 0.3 is 0 Å². The second-order valence-corrected chi connectivity index (χ2v) is 7.39. The fourth-order valence-electron chi connectivity index (χ4n) is 2.11. The Morgan fingerprint density at radius 1 is 0.864 bits per heavy atom. The zero-order valence-electron chi connectivity index (χ0n) is 11.8. The summed E-state index contributed by atoms with van der Waals surface area (Å²) in [5, 5.41) is 3.86. The lowest BCUT2D eigenvalue weighted by atomic mass is 10.1. The summed E-state index contributed by atoms with van der Waals surface area (Å²) in [6, 6.07) is 18.7. The maximum absolute atomic E-state index is 12.3. The van der Waals surface area contributed by atoms with E-state index in [9.17, 15) is 8.42 Å². The molecule has 0 bridgehead atoms. The van der Waals surface area contributed by atoms with Gasteiger partial charge in [-0.3, -0.25) is 0 Å². The smallest absolute Gasteiger partial charge is 0.207 e. The molecule has 1 N–H and O–H groups in total. The second-order valence-electron chi connectivity index (χ2n) is 4.85. The van der Waals surface area contributed by atoms with Gasteiger partial charge in [0.1, 0.15) is 0 Å². The van der Waals surface area contributed by atoms with Gasteiger partial charge in [0.2, 0.25) is 10.0 Å². The Hall–Kier alpha value is -1.95. The third-order valence-corrected chi connectivity index (χ3v) is 5.47. The minimum Gasteiger partial charge on any atom is -0.207 e. The third-order valence-electron chi connectivity index (χ3n) is 3.32. The van der Waals surface area contributed by atoms with Gasteiger partial charge in [-0.05, 0) is 45.6 Å². The van der Waals surface area contributed by atoms with E-state index in [1.54, 1.807) is 23.5 Å². The maximum atomic E-state index is 12.3. The highest BCUT2D eigenvalue weighted by atomic mass is 32.2. The monoisotopic (exact) mass is 329 g/mol. The molecule has 0 saturated heterocycles. The van der Waals surface area contributed by atoms with Gasteiger partial charge in [0, 0.05) is 6.54 Å². The highest BCUT2D eigenvalue weighted by Gasteiger charge is 2.13. The van der Waals surface area contributed by atoms with Crippen LogP contribution in [0.5, 0.6) is 0 Å². The fraction of sp³-hybridized carbons (Fsp3) is 0.0588. The number of hydrogen-bond donors (Lipinski definition) is 1. The predicted octanol–water partition coefficient (Wildman–Crippen LogP) is 3.89. The standard InChI is InChI=1S/C17H15NO2S2/c19-22(20,18-12-14-10-11-21-13-14)17-8-6-16(7-9-17)15-4-2-1-3-5-15/h1-11,13,18H,12H2. The van der Waals surface area contributed by atoms with Crippen LogP contribution in [0.4, 0.5) is 0 Å². The van der Waals surface area contributed by atoms with Gasteiger partial charge in [-0.15, -0.1) is 0 Å². The summed E-state index contributed by atoms with van der Waals surface area (Å²) < 4.78 is 27.2. The summed E-state index contributed by atoms with van der Waals surface area (Å²) in [6.07, 6.45) is 0. The molecule has 3 aromatic rings. The molecule has 0 aliphatic rings. The predicted molar refractivity (Wildman–Crippen MR) is 90.2 cm³/mol. The molecule has 0 spiro atoms. The van der Waals surface area contributed by atoms with Gasteiger partial charge in [0.05, 0.1) is 4.90 Å². The van der Waals surface area contributed by atoms with E-state index in [1.165, 1.54) is 0 Å². The van der Waals surface area contributed by atoms with Crippen molar-refractivity contribution in [2.45, 2.75) is 11.4 Å². The maximum Gasteiger partial charge on any atom is 0.240 e. The minimum absolute atomic E-state index is 0.280. The molecule has 3 rings (SSSR count). The Morgan fingerprint density at radius 3 is 2.18 bits per heavy atom.